The number of ether oxygens (including phenoxy) is 2. The van der Waals surface area contributed by atoms with Crippen LogP contribution < -0.4 is 0 Å². The summed E-state index contributed by atoms with van der Waals surface area (Å²) < 4.78 is 59.3. The van der Waals surface area contributed by atoms with E-state index in [1.165, 1.54) is 0 Å². The lowest BCUT2D eigenvalue weighted by molar-refractivity contribution is -0.202. The number of hydrogen-bond donors (Lipinski definition) is 3. The van der Waals surface area contributed by atoms with Gasteiger partial charge in [0.05, 0.1) is 0 Å². The Morgan fingerprint density at radius 1 is 0.882 bits per heavy atom. The summed E-state index contributed by atoms with van der Waals surface area (Å²) in [6, 6.07) is 0. The smallest absolute Gasteiger partial charge is 0.395 e. The lowest BCUT2D eigenvalue weighted by Crippen LogP contribution is -2.24. The predicted octanol–water partition coefficient (Wildman–Crippen LogP) is -0.411. The van der Waals surface area contributed by atoms with Crippen molar-refractivity contribution in [3.05, 3.63) is 0 Å². The zero-order valence-electron chi connectivity index (χ0n) is 7.50. The van der Waals surface area contributed by atoms with Crippen LogP contribution in [-0.4, -0.2) is 39.8 Å². The number of alkyl halides is 4. The van der Waals surface area contributed by atoms with Gasteiger partial charge in [-0.3, -0.25) is 0 Å². The standard InChI is InChI=1S/C4H2F4O4.H3O4P/c5-3(6)11-1(9)2(10)12-4(7)8;1-5(2,3)4/h3-4H;(H3,1,2,3,4). The van der Waals surface area contributed by atoms with Gasteiger partial charge < -0.3 is 24.2 Å². The first-order valence-corrected chi connectivity index (χ1v) is 4.76. The monoisotopic (exact) mass is 288 g/mol. The van der Waals surface area contributed by atoms with E-state index in [1.807, 2.05) is 0 Å². The molecule has 0 aromatic carbocycles. The number of rotatable bonds is 2. The van der Waals surface area contributed by atoms with E-state index in [1.54, 1.807) is 0 Å². The summed E-state index contributed by atoms with van der Waals surface area (Å²) in [5.74, 6) is -4.32. The average molecular weight is 288 g/mol. The molecule has 0 aliphatic carbocycles. The van der Waals surface area contributed by atoms with Crippen LogP contribution in [0.25, 0.3) is 0 Å². The van der Waals surface area contributed by atoms with E-state index in [0.29, 0.717) is 0 Å². The summed E-state index contributed by atoms with van der Waals surface area (Å²) in [4.78, 5) is 41.5. The van der Waals surface area contributed by atoms with Crippen molar-refractivity contribution < 1.29 is 55.9 Å². The number of halogens is 4. The number of hydrogen-bond acceptors (Lipinski definition) is 5. The van der Waals surface area contributed by atoms with E-state index in [9.17, 15) is 27.2 Å². The molecule has 0 unspecified atom stereocenters. The van der Waals surface area contributed by atoms with E-state index in [2.05, 4.69) is 9.47 Å². The minimum atomic E-state index is -4.64. The molecule has 0 bridgehead atoms. The summed E-state index contributed by atoms with van der Waals surface area (Å²) in [5, 5.41) is 0. The van der Waals surface area contributed by atoms with Gasteiger partial charge in [-0.15, -0.1) is 0 Å². The Bertz CT molecular complexity index is 272. The molecule has 3 N–H and O–H groups in total. The Kier molecular flexibility index (Phi) is 8.48. The van der Waals surface area contributed by atoms with Crippen LogP contribution in [0.1, 0.15) is 0 Å². The molecule has 0 saturated carbocycles. The van der Waals surface area contributed by atoms with Crippen molar-refractivity contribution in [1.82, 2.24) is 0 Å². The molecule has 0 amide bonds. The van der Waals surface area contributed by atoms with Crippen LogP contribution in [0.2, 0.25) is 0 Å². The molecule has 0 rings (SSSR count). The molecule has 102 valence electrons. The molecule has 0 spiro atoms. The molecule has 8 nitrogen and oxygen atoms in total. The van der Waals surface area contributed by atoms with Crippen LogP contribution in [0.5, 0.6) is 0 Å². The maximum atomic E-state index is 11.1. The average Bonchev–Trinajstić information content (AvgIpc) is 1.97. The minimum Gasteiger partial charge on any atom is -0.395 e. The van der Waals surface area contributed by atoms with E-state index >= 15 is 0 Å². The molecule has 0 atom stereocenters. The van der Waals surface area contributed by atoms with Gasteiger partial charge in [0.2, 0.25) is 0 Å². The first kappa shape index (κ1) is 18.1. The van der Waals surface area contributed by atoms with Gasteiger partial charge >= 0.3 is 33.0 Å². The zero-order valence-corrected chi connectivity index (χ0v) is 8.39. The Morgan fingerprint density at radius 2 is 1.06 bits per heavy atom. The zero-order chi connectivity index (χ0) is 14.2. The molecular weight excluding hydrogens is 283 g/mol. The topological polar surface area (TPSA) is 130 Å². The van der Waals surface area contributed by atoms with Crippen molar-refractivity contribution in [1.29, 1.82) is 0 Å². The van der Waals surface area contributed by atoms with Crippen LogP contribution in [0.15, 0.2) is 0 Å². The maximum Gasteiger partial charge on any atom is 0.466 e. The highest BCUT2D eigenvalue weighted by molar-refractivity contribution is 7.45. The molecule has 0 aromatic rings. The van der Waals surface area contributed by atoms with Crippen molar-refractivity contribution in [2.45, 2.75) is 13.2 Å². The number of carbonyl (C=O) groups is 2. The van der Waals surface area contributed by atoms with Crippen molar-refractivity contribution in [2.75, 3.05) is 0 Å². The number of carbonyl (C=O) groups excluding carboxylic acids is 2. The van der Waals surface area contributed by atoms with Gasteiger partial charge in [-0.1, -0.05) is 0 Å². The second kappa shape index (κ2) is 7.95. The Morgan fingerprint density at radius 3 is 1.18 bits per heavy atom. The SMILES string of the molecule is O=C(OC(F)F)C(=O)OC(F)F.O=P(O)(O)O. The lowest BCUT2D eigenvalue weighted by Gasteiger charge is -2.01. The molecular formula is C4H5F4O8P. The Labute approximate surface area is 90.0 Å². The second-order valence-electron chi connectivity index (χ2n) is 1.85. The first-order chi connectivity index (χ1) is 7.43. The van der Waals surface area contributed by atoms with Gasteiger partial charge in [0.15, 0.2) is 0 Å². The van der Waals surface area contributed by atoms with Crippen LogP contribution in [-0.2, 0) is 23.6 Å². The summed E-state index contributed by atoms with van der Waals surface area (Å²) in [6.45, 7) is -7.08. The molecule has 17 heavy (non-hydrogen) atoms. The summed E-state index contributed by atoms with van der Waals surface area (Å²) in [5.41, 5.74) is 0. The quantitative estimate of drug-likeness (QED) is 0.270. The van der Waals surface area contributed by atoms with E-state index in [0.717, 1.165) is 0 Å². The summed E-state index contributed by atoms with van der Waals surface area (Å²) in [6.07, 6.45) is 0. The third-order valence-electron chi connectivity index (χ3n) is 0.559. The van der Waals surface area contributed by atoms with E-state index in [-0.39, 0.29) is 0 Å². The third-order valence-corrected chi connectivity index (χ3v) is 0.559. The summed E-state index contributed by atoms with van der Waals surface area (Å²) in [7, 11) is -4.64. The first-order valence-electron chi connectivity index (χ1n) is 3.19. The van der Waals surface area contributed by atoms with Gasteiger partial charge in [0, 0.05) is 0 Å². The molecule has 0 radical (unpaired) electrons. The molecule has 0 saturated heterocycles. The Hall–Kier alpha value is -1.23. The van der Waals surface area contributed by atoms with Crippen LogP contribution >= 0.6 is 7.82 Å². The lowest BCUT2D eigenvalue weighted by atomic mass is 10.7. The molecule has 0 aliphatic heterocycles. The fourth-order valence-corrected chi connectivity index (χ4v) is 0.258. The highest BCUT2D eigenvalue weighted by atomic mass is 31.2. The highest BCUT2D eigenvalue weighted by Crippen LogP contribution is 2.25. The van der Waals surface area contributed by atoms with Crippen LogP contribution in [0.3, 0.4) is 0 Å². The van der Waals surface area contributed by atoms with Crippen LogP contribution in [0, 0.1) is 0 Å². The fourth-order valence-electron chi connectivity index (χ4n) is 0.258. The van der Waals surface area contributed by atoms with Crippen molar-refractivity contribution in [3.63, 3.8) is 0 Å². The van der Waals surface area contributed by atoms with Crippen LogP contribution in [0.4, 0.5) is 17.6 Å². The van der Waals surface area contributed by atoms with Gasteiger partial charge in [0.1, 0.15) is 0 Å². The third kappa shape index (κ3) is 20.8. The maximum absolute atomic E-state index is 11.1. The molecule has 0 heterocycles. The van der Waals surface area contributed by atoms with Crippen molar-refractivity contribution >= 4 is 19.8 Å². The summed E-state index contributed by atoms with van der Waals surface area (Å²) >= 11 is 0. The largest absolute Gasteiger partial charge is 0.466 e. The van der Waals surface area contributed by atoms with Crippen molar-refractivity contribution in [2.24, 2.45) is 0 Å². The molecule has 0 aliphatic rings. The fraction of sp³-hybridized carbons (Fsp3) is 0.500. The molecule has 0 aromatic heterocycles. The number of phosphoric acid groups is 1. The predicted molar refractivity (Wildman–Crippen MR) is 38.5 cm³/mol. The van der Waals surface area contributed by atoms with Gasteiger partial charge in [-0.25, -0.2) is 14.2 Å². The van der Waals surface area contributed by atoms with Gasteiger partial charge in [-0.05, 0) is 0 Å². The highest BCUT2D eigenvalue weighted by Gasteiger charge is 2.24. The van der Waals surface area contributed by atoms with E-state index < -0.39 is 33.0 Å². The van der Waals surface area contributed by atoms with Gasteiger partial charge in [0.25, 0.3) is 0 Å². The normalized spacial score (nSPS) is 10.6. The minimum absolute atomic E-state index is 2.16. The Balaban J connectivity index is 0. The van der Waals surface area contributed by atoms with E-state index in [4.69, 9.17) is 19.2 Å². The molecule has 13 heteroatoms. The second-order valence-corrected chi connectivity index (χ2v) is 2.87. The number of esters is 2. The molecule has 0 fully saturated rings. The van der Waals surface area contributed by atoms with Gasteiger partial charge in [-0.2, -0.15) is 17.6 Å². The van der Waals surface area contributed by atoms with Crippen molar-refractivity contribution in [3.8, 4) is 0 Å².